The molecule has 0 N–H and O–H groups in total. The Morgan fingerprint density at radius 2 is 1.46 bits per heavy atom. The third kappa shape index (κ3) is 15.0. The number of nitrogens with zero attached hydrogens (tertiary/aromatic N) is 2. The number of hydrogen-bond acceptors (Lipinski definition) is 1. The van der Waals surface area contributed by atoms with Crippen LogP contribution in [-0.2, 0) is 27.4 Å². The second-order valence-corrected chi connectivity index (χ2v) is 20.8. The first-order valence-electron chi connectivity index (χ1n) is 8.52. The van der Waals surface area contributed by atoms with Crippen LogP contribution in [-0.4, -0.2) is 27.4 Å². The van der Waals surface area contributed by atoms with Gasteiger partial charge in [-0.15, -0.1) is 0 Å². The molecule has 142 valence electrons. The fraction of sp³-hybridized carbons (Fsp3) is 0.368. The van der Waals surface area contributed by atoms with Crippen LogP contribution in [0.3, 0.4) is 0 Å². The van der Waals surface area contributed by atoms with E-state index in [4.69, 9.17) is 17.0 Å². The van der Waals surface area contributed by atoms with Gasteiger partial charge >= 0.3 is 37.9 Å². The molecule has 2 rings (SSSR count). The topological polar surface area (TPSA) is 15.6 Å². The molecule has 0 spiro atoms. The summed E-state index contributed by atoms with van der Waals surface area (Å²) >= 11 is -0.826. The SMILES string of the molecule is C[Si](C)(C)N=[C-]N(Cc1ccccc1)[Si](C)(C)C.[Cl][Zr+2][Cl].c1cc[cH-]c1. The van der Waals surface area contributed by atoms with Gasteiger partial charge in [-0.1, -0.05) is 69.6 Å². The van der Waals surface area contributed by atoms with Crippen LogP contribution in [0.2, 0.25) is 39.3 Å². The summed E-state index contributed by atoms with van der Waals surface area (Å²) in [5, 5.41) is 0. The van der Waals surface area contributed by atoms with Crippen molar-refractivity contribution in [3.63, 3.8) is 0 Å². The van der Waals surface area contributed by atoms with Crippen LogP contribution < -0.4 is 0 Å². The third-order valence-corrected chi connectivity index (χ3v) is 5.70. The number of hydrogen-bond donors (Lipinski definition) is 0. The van der Waals surface area contributed by atoms with E-state index >= 15 is 0 Å². The molecule has 0 aliphatic carbocycles. The minimum atomic E-state index is -1.42. The monoisotopic (exact) mass is 502 g/mol. The van der Waals surface area contributed by atoms with Gasteiger partial charge in [0, 0.05) is 6.54 Å². The first-order chi connectivity index (χ1) is 12.1. The van der Waals surface area contributed by atoms with Crippen LogP contribution in [0.4, 0.5) is 0 Å². The first-order valence-corrected chi connectivity index (χ1v) is 21.7. The van der Waals surface area contributed by atoms with E-state index in [2.05, 4.69) is 85.2 Å². The summed E-state index contributed by atoms with van der Waals surface area (Å²) in [6.07, 6.45) is 3.33. The maximum Gasteiger partial charge on any atom is -0.172 e. The van der Waals surface area contributed by atoms with Crippen LogP contribution in [0.25, 0.3) is 0 Å². The zero-order valence-corrected chi connectivity index (χ0v) is 22.6. The van der Waals surface area contributed by atoms with Gasteiger partial charge in [0.25, 0.3) is 0 Å². The molecule has 0 unspecified atom stereocenters. The van der Waals surface area contributed by atoms with Gasteiger partial charge in [0.15, 0.2) is 0 Å². The van der Waals surface area contributed by atoms with Crippen molar-refractivity contribution < 1.29 is 20.8 Å². The molecule has 0 saturated carbocycles. The molecular formula is C19H30Cl2N2Si2Zr. The van der Waals surface area contributed by atoms with Gasteiger partial charge < -0.3 is 15.6 Å². The third-order valence-electron chi connectivity index (χ3n) is 3.05. The Kier molecular flexibility index (Phi) is 14.0. The molecule has 0 aliphatic rings. The normalized spacial score (nSPS) is 10.9. The van der Waals surface area contributed by atoms with E-state index in [9.17, 15) is 0 Å². The fourth-order valence-electron chi connectivity index (χ4n) is 1.72. The zero-order chi connectivity index (χ0) is 20.1. The molecule has 2 aromatic rings. The summed E-state index contributed by atoms with van der Waals surface area (Å²) in [5.74, 6) is 0. The van der Waals surface area contributed by atoms with Gasteiger partial charge in [0.1, 0.15) is 16.5 Å². The van der Waals surface area contributed by atoms with E-state index in [0.717, 1.165) is 6.54 Å². The average molecular weight is 505 g/mol. The Bertz CT molecular complexity index is 563. The Morgan fingerprint density at radius 1 is 0.962 bits per heavy atom. The minimum Gasteiger partial charge on any atom is -0.214 e. The molecule has 0 heterocycles. The van der Waals surface area contributed by atoms with Gasteiger partial charge in [0.2, 0.25) is 0 Å². The predicted molar refractivity (Wildman–Crippen MR) is 120 cm³/mol. The maximum atomic E-state index is 4.93. The average Bonchev–Trinajstić information content (AvgIpc) is 3.11. The summed E-state index contributed by atoms with van der Waals surface area (Å²) < 4.78 is 7.00. The molecule has 0 radical (unpaired) electrons. The van der Waals surface area contributed by atoms with E-state index in [1.54, 1.807) is 0 Å². The summed E-state index contributed by atoms with van der Waals surface area (Å²) in [6.45, 7) is 14.7. The Hall–Kier alpha value is -0.0631. The second-order valence-electron chi connectivity index (χ2n) is 7.66. The van der Waals surface area contributed by atoms with Crippen molar-refractivity contribution in [2.45, 2.75) is 45.8 Å². The molecule has 0 aromatic heterocycles. The molecule has 2 aromatic carbocycles. The number of rotatable bonds is 5. The van der Waals surface area contributed by atoms with Crippen molar-refractivity contribution in [1.29, 1.82) is 0 Å². The standard InChI is InChI=1S/C14H25N2Si2.C5H5.2ClH.Zr/c1-17(2,3)15-13-16(18(4,5)6)12-14-10-8-7-9-11-14;1-2-4-5-3-1;;;/h7-11H,12H2,1-6H3;1-5H;2*1H;/q2*-1;;;+4/p-2. The zero-order valence-electron chi connectivity index (χ0n) is 16.6. The van der Waals surface area contributed by atoms with Crippen molar-refractivity contribution in [3.05, 3.63) is 66.2 Å². The smallest absolute Gasteiger partial charge is 0.172 e. The van der Waals surface area contributed by atoms with E-state index in [1.807, 2.05) is 30.3 Å². The van der Waals surface area contributed by atoms with Crippen LogP contribution in [0.15, 0.2) is 65.3 Å². The molecule has 0 saturated heterocycles. The molecule has 7 heteroatoms. The molecule has 0 fully saturated rings. The molecule has 26 heavy (non-hydrogen) atoms. The van der Waals surface area contributed by atoms with E-state index < -0.39 is 37.3 Å². The molecule has 0 atom stereocenters. The van der Waals surface area contributed by atoms with Crippen LogP contribution >= 0.6 is 17.0 Å². The molecule has 0 amide bonds. The van der Waals surface area contributed by atoms with Crippen molar-refractivity contribution in [3.8, 4) is 0 Å². The minimum absolute atomic E-state index is 0.826. The van der Waals surface area contributed by atoms with Crippen molar-refractivity contribution >= 4 is 39.8 Å². The van der Waals surface area contributed by atoms with Gasteiger partial charge in [0.05, 0.1) is 0 Å². The number of halogens is 2. The van der Waals surface area contributed by atoms with Gasteiger partial charge in [-0.2, -0.15) is 18.2 Å². The van der Waals surface area contributed by atoms with Crippen LogP contribution in [0, 0.1) is 0 Å². The van der Waals surface area contributed by atoms with Crippen LogP contribution in [0.5, 0.6) is 0 Å². The Balaban J connectivity index is 0.000000644. The van der Waals surface area contributed by atoms with Gasteiger partial charge in [-0.05, 0) is 5.56 Å². The molecule has 0 bridgehead atoms. The Morgan fingerprint density at radius 3 is 1.81 bits per heavy atom. The van der Waals surface area contributed by atoms with Crippen molar-refractivity contribution in [2.75, 3.05) is 0 Å². The second kappa shape index (κ2) is 14.0. The molecule has 2 nitrogen and oxygen atoms in total. The largest absolute Gasteiger partial charge is 0.214 e. The molecule has 0 aliphatic heterocycles. The number of benzene rings is 1. The predicted octanol–water partition coefficient (Wildman–Crippen LogP) is 6.85. The summed E-state index contributed by atoms with van der Waals surface area (Å²) in [7, 11) is 7.03. The van der Waals surface area contributed by atoms with E-state index in [1.165, 1.54) is 5.56 Å². The van der Waals surface area contributed by atoms with Crippen molar-refractivity contribution in [2.24, 2.45) is 4.66 Å². The van der Waals surface area contributed by atoms with Gasteiger partial charge in [-0.3, -0.25) is 0 Å². The van der Waals surface area contributed by atoms with Gasteiger partial charge in [-0.25, -0.2) is 12.1 Å². The maximum absolute atomic E-state index is 4.93. The van der Waals surface area contributed by atoms with Crippen molar-refractivity contribution in [1.82, 2.24) is 4.57 Å². The first kappa shape index (κ1) is 25.9. The Labute approximate surface area is 180 Å². The summed E-state index contributed by atoms with van der Waals surface area (Å²) in [4.78, 5) is 0. The van der Waals surface area contributed by atoms with E-state index in [0.29, 0.717) is 0 Å². The summed E-state index contributed by atoms with van der Waals surface area (Å²) in [5.41, 5.74) is 1.33. The molecular weight excluding hydrogens is 475 g/mol. The summed E-state index contributed by atoms with van der Waals surface area (Å²) in [6, 6.07) is 20.6. The quantitative estimate of drug-likeness (QED) is 0.143. The fourth-order valence-corrected chi connectivity index (χ4v) is 3.25. The van der Waals surface area contributed by atoms with E-state index in [-0.39, 0.29) is 0 Å². The van der Waals surface area contributed by atoms with Crippen LogP contribution in [0.1, 0.15) is 5.56 Å².